The van der Waals surface area contributed by atoms with Crippen LogP contribution in [-0.2, 0) is 17.0 Å². The summed E-state index contributed by atoms with van der Waals surface area (Å²) in [5, 5.41) is 0. The topological polar surface area (TPSA) is 17.1 Å². The molecule has 90 valence electrons. The summed E-state index contributed by atoms with van der Waals surface area (Å²) in [5.41, 5.74) is -2.03. The van der Waals surface area contributed by atoms with E-state index in [2.05, 4.69) is 0 Å². The highest BCUT2D eigenvalue weighted by molar-refractivity contribution is 7.84. The molecule has 0 spiro atoms. The van der Waals surface area contributed by atoms with Crippen LogP contribution in [0.25, 0.3) is 0 Å². The van der Waals surface area contributed by atoms with Crippen LogP contribution in [-0.4, -0.2) is 10.5 Å². The first-order valence-corrected chi connectivity index (χ1v) is 5.30. The molecule has 1 unspecified atom stereocenters. The predicted octanol–water partition coefficient (Wildman–Crippen LogP) is 2.86. The van der Waals surface area contributed by atoms with Gasteiger partial charge in [0.15, 0.2) is 11.6 Å². The number of halogens is 6. The van der Waals surface area contributed by atoms with Gasteiger partial charge in [-0.1, -0.05) is 0 Å². The first-order chi connectivity index (χ1) is 7.16. The van der Waals surface area contributed by atoms with E-state index in [9.17, 15) is 30.6 Å². The quantitative estimate of drug-likeness (QED) is 0.562. The average molecular weight is 262 g/mol. The van der Waals surface area contributed by atoms with Gasteiger partial charge < -0.3 is 0 Å². The third-order valence-electron chi connectivity index (χ3n) is 1.70. The predicted molar refractivity (Wildman–Crippen MR) is 43.7 cm³/mol. The van der Waals surface area contributed by atoms with Gasteiger partial charge in [-0.15, -0.1) is 0 Å². The summed E-state index contributed by atoms with van der Waals surface area (Å²) in [5.74, 6) is -5.75. The van der Waals surface area contributed by atoms with Crippen LogP contribution < -0.4 is 0 Å². The van der Waals surface area contributed by atoms with E-state index in [1.54, 1.807) is 0 Å². The van der Waals surface area contributed by atoms with Crippen molar-refractivity contribution in [3.8, 4) is 0 Å². The van der Waals surface area contributed by atoms with Gasteiger partial charge in [0, 0.05) is 12.3 Å². The Kier molecular flexibility index (Phi) is 3.32. The largest absolute Gasteiger partial charge is 0.420 e. The zero-order valence-electron chi connectivity index (χ0n) is 7.66. The molecule has 0 N–H and O–H groups in total. The molecule has 0 saturated carbocycles. The first-order valence-electron chi connectivity index (χ1n) is 3.74. The van der Waals surface area contributed by atoms with Gasteiger partial charge in [-0.25, -0.2) is 13.2 Å². The van der Waals surface area contributed by atoms with Crippen LogP contribution in [0, 0.1) is 17.5 Å². The molecule has 0 amide bonds. The second-order valence-corrected chi connectivity index (χ2v) is 4.13. The maximum atomic E-state index is 13.0. The molecular weight excluding hydrogens is 258 g/mol. The standard InChI is InChI=1S/C8H4F6OS/c1-16(15)7-5(8(12,13)14)3(9)2-4(10)6(7)11/h2H,1H3. The Bertz CT molecular complexity index is 453. The monoisotopic (exact) mass is 262 g/mol. The van der Waals surface area contributed by atoms with Crippen molar-refractivity contribution in [1.29, 1.82) is 0 Å². The van der Waals surface area contributed by atoms with E-state index in [1.807, 2.05) is 0 Å². The molecule has 0 radical (unpaired) electrons. The van der Waals surface area contributed by atoms with E-state index >= 15 is 0 Å². The van der Waals surface area contributed by atoms with Gasteiger partial charge in [-0.2, -0.15) is 13.2 Å². The molecule has 0 heterocycles. The lowest BCUT2D eigenvalue weighted by Gasteiger charge is -2.13. The van der Waals surface area contributed by atoms with Gasteiger partial charge in [-0.05, 0) is 0 Å². The van der Waals surface area contributed by atoms with Crippen molar-refractivity contribution >= 4 is 10.8 Å². The minimum Gasteiger partial charge on any atom is -0.255 e. The zero-order valence-corrected chi connectivity index (χ0v) is 8.48. The molecule has 0 saturated heterocycles. The van der Waals surface area contributed by atoms with E-state index in [0.717, 1.165) is 0 Å². The molecule has 8 heteroatoms. The minimum absolute atomic E-state index is 0.228. The van der Waals surface area contributed by atoms with Gasteiger partial charge in [0.2, 0.25) is 0 Å². The lowest BCUT2D eigenvalue weighted by molar-refractivity contribution is -0.142. The Morgan fingerprint density at radius 3 is 2.00 bits per heavy atom. The summed E-state index contributed by atoms with van der Waals surface area (Å²) in [4.78, 5) is -1.51. The van der Waals surface area contributed by atoms with Gasteiger partial charge in [0.1, 0.15) is 11.4 Å². The summed E-state index contributed by atoms with van der Waals surface area (Å²) >= 11 is 0. The number of hydrogen-bond donors (Lipinski definition) is 0. The Morgan fingerprint density at radius 2 is 1.62 bits per heavy atom. The summed E-state index contributed by atoms with van der Waals surface area (Å²) < 4.78 is 86.4. The van der Waals surface area contributed by atoms with Crippen LogP contribution in [0.3, 0.4) is 0 Å². The van der Waals surface area contributed by atoms with Crippen molar-refractivity contribution in [2.45, 2.75) is 11.1 Å². The maximum Gasteiger partial charge on any atom is 0.420 e. The van der Waals surface area contributed by atoms with Crippen molar-refractivity contribution in [2.75, 3.05) is 6.26 Å². The summed E-state index contributed by atoms with van der Waals surface area (Å²) in [6.07, 6.45) is -4.54. The van der Waals surface area contributed by atoms with Gasteiger partial charge >= 0.3 is 6.18 Å². The van der Waals surface area contributed by atoms with Crippen molar-refractivity contribution < 1.29 is 30.6 Å². The molecule has 16 heavy (non-hydrogen) atoms. The molecule has 1 aromatic carbocycles. The number of benzene rings is 1. The van der Waals surface area contributed by atoms with E-state index < -0.39 is 44.9 Å². The van der Waals surface area contributed by atoms with Gasteiger partial charge in [-0.3, -0.25) is 4.21 Å². The summed E-state index contributed by atoms with van der Waals surface area (Å²) in [6.45, 7) is 0. The summed E-state index contributed by atoms with van der Waals surface area (Å²) in [7, 11) is -2.49. The second kappa shape index (κ2) is 4.08. The molecule has 0 aromatic heterocycles. The van der Waals surface area contributed by atoms with Crippen molar-refractivity contribution in [3.05, 3.63) is 29.1 Å². The highest BCUT2D eigenvalue weighted by atomic mass is 32.2. The second-order valence-electron chi connectivity index (χ2n) is 2.81. The average Bonchev–Trinajstić information content (AvgIpc) is 2.07. The molecule has 1 aromatic rings. The molecule has 0 aliphatic carbocycles. The molecule has 0 bridgehead atoms. The van der Waals surface area contributed by atoms with Crippen LogP contribution in [0.1, 0.15) is 5.56 Å². The fraction of sp³-hybridized carbons (Fsp3) is 0.250. The fourth-order valence-corrected chi connectivity index (χ4v) is 1.96. The lowest BCUT2D eigenvalue weighted by Crippen LogP contribution is -2.15. The SMILES string of the molecule is CS(=O)c1c(F)c(F)cc(F)c1C(F)(F)F. The lowest BCUT2D eigenvalue weighted by atomic mass is 10.2. The van der Waals surface area contributed by atoms with Crippen LogP contribution in [0.5, 0.6) is 0 Å². The zero-order chi connectivity index (χ0) is 12.7. The number of hydrogen-bond acceptors (Lipinski definition) is 1. The van der Waals surface area contributed by atoms with E-state index in [1.165, 1.54) is 0 Å². The van der Waals surface area contributed by atoms with Crippen LogP contribution in [0.15, 0.2) is 11.0 Å². The van der Waals surface area contributed by atoms with Gasteiger partial charge in [0.25, 0.3) is 0 Å². The Morgan fingerprint density at radius 1 is 1.12 bits per heavy atom. The van der Waals surface area contributed by atoms with Crippen LogP contribution >= 0.6 is 0 Å². The summed E-state index contributed by atoms with van der Waals surface area (Å²) in [6, 6.07) is -0.228. The highest BCUT2D eigenvalue weighted by Gasteiger charge is 2.40. The molecular formula is C8H4F6OS. The Balaban J connectivity index is 3.72. The van der Waals surface area contributed by atoms with E-state index in [0.29, 0.717) is 6.26 Å². The third kappa shape index (κ3) is 2.21. The molecule has 1 nitrogen and oxygen atoms in total. The van der Waals surface area contributed by atoms with Crippen LogP contribution in [0.4, 0.5) is 26.3 Å². The smallest absolute Gasteiger partial charge is 0.255 e. The molecule has 0 aliphatic heterocycles. The van der Waals surface area contributed by atoms with Gasteiger partial charge in [0.05, 0.1) is 15.7 Å². The first kappa shape index (κ1) is 13.0. The number of rotatable bonds is 1. The van der Waals surface area contributed by atoms with Crippen molar-refractivity contribution in [1.82, 2.24) is 0 Å². The molecule has 1 rings (SSSR count). The number of alkyl halides is 3. The Labute approximate surface area is 88.5 Å². The Hall–Kier alpha value is -1.05. The normalized spacial score (nSPS) is 13.9. The fourth-order valence-electron chi connectivity index (χ4n) is 1.11. The molecule has 1 atom stereocenters. The van der Waals surface area contributed by atoms with E-state index in [-0.39, 0.29) is 6.07 Å². The van der Waals surface area contributed by atoms with Crippen LogP contribution in [0.2, 0.25) is 0 Å². The minimum atomic E-state index is -5.24. The van der Waals surface area contributed by atoms with Crippen molar-refractivity contribution in [2.24, 2.45) is 0 Å². The maximum absolute atomic E-state index is 13.0. The molecule has 0 fully saturated rings. The highest BCUT2D eigenvalue weighted by Crippen LogP contribution is 2.37. The van der Waals surface area contributed by atoms with E-state index in [4.69, 9.17) is 0 Å². The molecule has 0 aliphatic rings. The third-order valence-corrected chi connectivity index (χ3v) is 2.66. The van der Waals surface area contributed by atoms with Crippen molar-refractivity contribution in [3.63, 3.8) is 0 Å².